The van der Waals surface area contributed by atoms with Crippen molar-refractivity contribution in [3.8, 4) is 0 Å². The summed E-state index contributed by atoms with van der Waals surface area (Å²) < 4.78 is 5.17. The Morgan fingerprint density at radius 3 is 2.44 bits per heavy atom. The van der Waals surface area contributed by atoms with Crippen LogP contribution < -0.4 is 15.1 Å². The summed E-state index contributed by atoms with van der Waals surface area (Å²) in [6.07, 6.45) is 1.51. The van der Waals surface area contributed by atoms with Gasteiger partial charge in [-0.15, -0.1) is 0 Å². The van der Waals surface area contributed by atoms with E-state index in [1.54, 1.807) is 17.0 Å². The average Bonchev–Trinajstić information content (AvgIpc) is 3.21. The lowest BCUT2D eigenvalue weighted by molar-refractivity contribution is -0.896. The number of quaternary nitrogens is 1. The fourth-order valence-corrected chi connectivity index (χ4v) is 3.16. The van der Waals surface area contributed by atoms with Crippen LogP contribution in [-0.4, -0.2) is 63.5 Å². The van der Waals surface area contributed by atoms with Crippen molar-refractivity contribution in [3.63, 3.8) is 0 Å². The number of nitrogens with one attached hydrogen (secondary N) is 2. The first kappa shape index (κ1) is 19.0. The van der Waals surface area contributed by atoms with Gasteiger partial charge in [-0.05, 0) is 29.8 Å². The molecule has 1 aromatic heterocycles. The summed E-state index contributed by atoms with van der Waals surface area (Å²) in [6, 6.07) is 11.5. The molecule has 1 fully saturated rings. The number of rotatable bonds is 6. The Labute approximate surface area is 159 Å². The Balaban J connectivity index is 1.39. The monoisotopic (exact) mass is 371 g/mol. The van der Waals surface area contributed by atoms with Gasteiger partial charge in [0, 0.05) is 26.3 Å². The molecule has 1 saturated heterocycles. The molecule has 2 amide bonds. The Morgan fingerprint density at radius 2 is 1.85 bits per heavy atom. The fourth-order valence-electron chi connectivity index (χ4n) is 3.16. The second-order valence-corrected chi connectivity index (χ2v) is 7.03. The van der Waals surface area contributed by atoms with Gasteiger partial charge in [0.15, 0.2) is 12.3 Å². The number of amides is 2. The van der Waals surface area contributed by atoms with Crippen molar-refractivity contribution in [1.29, 1.82) is 0 Å². The summed E-state index contributed by atoms with van der Waals surface area (Å²) in [5.74, 6) is 0.327. The van der Waals surface area contributed by atoms with E-state index in [9.17, 15) is 9.59 Å². The zero-order valence-corrected chi connectivity index (χ0v) is 15.9. The minimum absolute atomic E-state index is 0.0347. The van der Waals surface area contributed by atoms with Gasteiger partial charge in [0.1, 0.15) is 0 Å². The molecular formula is C20H27N4O3+. The third-order valence-electron chi connectivity index (χ3n) is 4.84. The largest absolute Gasteiger partial charge is 0.459 e. The summed E-state index contributed by atoms with van der Waals surface area (Å²) in [5.41, 5.74) is 2.22. The van der Waals surface area contributed by atoms with Crippen molar-refractivity contribution in [1.82, 2.24) is 10.2 Å². The normalized spacial score (nSPS) is 14.8. The quantitative estimate of drug-likeness (QED) is 0.750. The summed E-state index contributed by atoms with van der Waals surface area (Å²) in [5, 5.41) is 2.98. The van der Waals surface area contributed by atoms with E-state index in [0.717, 1.165) is 24.3 Å². The van der Waals surface area contributed by atoms with E-state index in [1.807, 2.05) is 43.3 Å². The molecule has 0 bridgehead atoms. The van der Waals surface area contributed by atoms with E-state index in [-0.39, 0.29) is 11.8 Å². The van der Waals surface area contributed by atoms with Crippen LogP contribution in [0.4, 0.5) is 5.69 Å². The van der Waals surface area contributed by atoms with Gasteiger partial charge < -0.3 is 24.4 Å². The Morgan fingerprint density at radius 1 is 1.15 bits per heavy atom. The van der Waals surface area contributed by atoms with Gasteiger partial charge in [-0.2, -0.15) is 0 Å². The summed E-state index contributed by atoms with van der Waals surface area (Å²) in [7, 11) is 4.00. The van der Waals surface area contributed by atoms with E-state index in [1.165, 1.54) is 11.2 Å². The van der Waals surface area contributed by atoms with Gasteiger partial charge in [0.25, 0.3) is 11.8 Å². The number of nitrogens with zero attached hydrogens (tertiary/aromatic N) is 2. The van der Waals surface area contributed by atoms with Gasteiger partial charge in [-0.25, -0.2) is 0 Å². The predicted molar refractivity (Wildman–Crippen MR) is 103 cm³/mol. The molecule has 0 saturated carbocycles. The van der Waals surface area contributed by atoms with Gasteiger partial charge in [0.2, 0.25) is 0 Å². The summed E-state index contributed by atoms with van der Waals surface area (Å²) in [6.45, 7) is 3.75. The minimum atomic E-state index is -0.0790. The molecule has 0 unspecified atom stereocenters. The molecule has 0 radical (unpaired) electrons. The first-order valence-corrected chi connectivity index (χ1v) is 9.22. The van der Waals surface area contributed by atoms with Crippen LogP contribution in [0.5, 0.6) is 0 Å². The van der Waals surface area contributed by atoms with Crippen LogP contribution >= 0.6 is 0 Å². The molecule has 0 atom stereocenters. The fraction of sp³-hybridized carbons (Fsp3) is 0.400. The Bertz CT molecular complexity index is 748. The van der Waals surface area contributed by atoms with E-state index < -0.39 is 0 Å². The van der Waals surface area contributed by atoms with Crippen molar-refractivity contribution in [2.24, 2.45) is 0 Å². The highest BCUT2D eigenvalue weighted by molar-refractivity contribution is 5.91. The highest BCUT2D eigenvalue weighted by Gasteiger charge is 2.26. The number of anilines is 1. The molecule has 7 nitrogen and oxygen atoms in total. The standard InChI is InChI=1S/C20H26N4O3/c1-22(2)17-7-5-16(6-8-17)14-21-19(25)15-23-9-11-24(12-10-23)20(26)18-4-3-13-27-18/h3-8,13H,9-12,14-15H2,1-2H3,(H,21,25)/p+1. The van der Waals surface area contributed by atoms with Crippen molar-refractivity contribution in [2.45, 2.75) is 6.54 Å². The average molecular weight is 371 g/mol. The van der Waals surface area contributed by atoms with Gasteiger partial charge in [-0.1, -0.05) is 12.1 Å². The Kier molecular flexibility index (Phi) is 6.13. The Hall–Kier alpha value is -2.80. The van der Waals surface area contributed by atoms with Crippen LogP contribution in [0.2, 0.25) is 0 Å². The molecule has 2 heterocycles. The number of carbonyl (C=O) groups excluding carboxylic acids is 2. The van der Waals surface area contributed by atoms with Crippen LogP contribution in [-0.2, 0) is 11.3 Å². The topological polar surface area (TPSA) is 70.2 Å². The van der Waals surface area contributed by atoms with E-state index in [2.05, 4.69) is 5.32 Å². The molecule has 1 aliphatic heterocycles. The van der Waals surface area contributed by atoms with Crippen LogP contribution in [0.25, 0.3) is 0 Å². The zero-order valence-electron chi connectivity index (χ0n) is 15.9. The first-order chi connectivity index (χ1) is 13.0. The maximum atomic E-state index is 12.3. The number of carbonyl (C=O) groups is 2. The highest BCUT2D eigenvalue weighted by atomic mass is 16.3. The molecule has 2 N–H and O–H groups in total. The number of benzene rings is 1. The molecule has 2 aromatic rings. The van der Waals surface area contributed by atoms with Gasteiger partial charge in [-0.3, -0.25) is 9.59 Å². The van der Waals surface area contributed by atoms with Crippen molar-refractivity contribution in [3.05, 3.63) is 54.0 Å². The van der Waals surface area contributed by atoms with Crippen molar-refractivity contribution >= 4 is 17.5 Å². The molecule has 1 aliphatic rings. The second-order valence-electron chi connectivity index (χ2n) is 7.03. The summed E-state index contributed by atoms with van der Waals surface area (Å²) >= 11 is 0. The molecule has 27 heavy (non-hydrogen) atoms. The van der Waals surface area contributed by atoms with Crippen LogP contribution in [0, 0.1) is 0 Å². The van der Waals surface area contributed by atoms with E-state index >= 15 is 0 Å². The molecule has 1 aromatic carbocycles. The number of hydrogen-bond donors (Lipinski definition) is 2. The molecule has 144 valence electrons. The van der Waals surface area contributed by atoms with E-state index in [0.29, 0.717) is 31.9 Å². The van der Waals surface area contributed by atoms with Crippen molar-refractivity contribution < 1.29 is 18.9 Å². The maximum absolute atomic E-state index is 12.3. The lowest BCUT2D eigenvalue weighted by Crippen LogP contribution is -3.15. The smallest absolute Gasteiger partial charge is 0.289 e. The van der Waals surface area contributed by atoms with Crippen molar-refractivity contribution in [2.75, 3.05) is 51.7 Å². The third-order valence-corrected chi connectivity index (χ3v) is 4.84. The van der Waals surface area contributed by atoms with E-state index in [4.69, 9.17) is 4.42 Å². The number of hydrogen-bond acceptors (Lipinski definition) is 4. The molecule has 0 aliphatic carbocycles. The zero-order chi connectivity index (χ0) is 19.2. The summed E-state index contributed by atoms with van der Waals surface area (Å²) in [4.78, 5) is 29.5. The lowest BCUT2D eigenvalue weighted by atomic mass is 10.2. The molecular weight excluding hydrogens is 344 g/mol. The van der Waals surface area contributed by atoms with Gasteiger partial charge >= 0.3 is 0 Å². The predicted octanol–water partition coefficient (Wildman–Crippen LogP) is 0.00270. The van der Waals surface area contributed by atoms with Crippen LogP contribution in [0.3, 0.4) is 0 Å². The van der Waals surface area contributed by atoms with Crippen LogP contribution in [0.1, 0.15) is 16.1 Å². The third kappa shape index (κ3) is 5.10. The molecule has 0 spiro atoms. The number of piperazine rings is 1. The molecule has 3 rings (SSSR count). The SMILES string of the molecule is CN(C)c1ccc(CNC(=O)C[NH+]2CCN(C(=O)c3ccco3)CC2)cc1. The van der Waals surface area contributed by atoms with Crippen LogP contribution in [0.15, 0.2) is 47.1 Å². The highest BCUT2D eigenvalue weighted by Crippen LogP contribution is 2.11. The minimum Gasteiger partial charge on any atom is -0.459 e. The maximum Gasteiger partial charge on any atom is 0.289 e. The first-order valence-electron chi connectivity index (χ1n) is 9.22. The second kappa shape index (κ2) is 8.73. The molecule has 7 heteroatoms. The van der Waals surface area contributed by atoms with Gasteiger partial charge in [0.05, 0.1) is 32.4 Å². The number of furan rings is 1. The lowest BCUT2D eigenvalue weighted by Gasteiger charge is -2.31.